The summed E-state index contributed by atoms with van der Waals surface area (Å²) < 4.78 is 1.45. The summed E-state index contributed by atoms with van der Waals surface area (Å²) in [5.41, 5.74) is 7.82. The fraction of sp³-hybridized carbons (Fsp3) is 0.308. The molecule has 0 aliphatic heterocycles. The van der Waals surface area contributed by atoms with Crippen LogP contribution in [0.15, 0.2) is 30.5 Å². The minimum absolute atomic E-state index is 0.0113. The minimum Gasteiger partial charge on any atom is -0.392 e. The summed E-state index contributed by atoms with van der Waals surface area (Å²) in [5, 5.41) is 19.4. The standard InChI is InChI=1S/C13H17N5O2/c14-5-12-7-18(17-16-12)8-13(20)15-6-10-2-1-3-11(4-10)9-19/h1-4,7,19H,5-6,8-9,14H2,(H,15,20). The molecule has 1 amide bonds. The van der Waals surface area contributed by atoms with Crippen molar-refractivity contribution in [3.63, 3.8) is 0 Å². The first-order chi connectivity index (χ1) is 9.71. The second-order valence-electron chi connectivity index (χ2n) is 4.37. The normalized spacial score (nSPS) is 10.5. The van der Waals surface area contributed by atoms with E-state index in [1.165, 1.54) is 4.68 Å². The third kappa shape index (κ3) is 3.87. The van der Waals surface area contributed by atoms with E-state index in [0.29, 0.717) is 18.8 Å². The Labute approximate surface area is 116 Å². The Morgan fingerprint density at radius 3 is 2.90 bits per heavy atom. The quantitative estimate of drug-likeness (QED) is 0.662. The molecule has 0 radical (unpaired) electrons. The largest absolute Gasteiger partial charge is 0.392 e. The number of carbonyl (C=O) groups is 1. The number of carbonyl (C=O) groups excluding carboxylic acids is 1. The van der Waals surface area contributed by atoms with Crippen LogP contribution in [0.2, 0.25) is 0 Å². The number of rotatable bonds is 6. The lowest BCUT2D eigenvalue weighted by Gasteiger charge is -2.06. The average Bonchev–Trinajstić information content (AvgIpc) is 2.93. The van der Waals surface area contributed by atoms with Gasteiger partial charge in [0, 0.05) is 13.1 Å². The van der Waals surface area contributed by atoms with Crippen molar-refractivity contribution >= 4 is 5.91 Å². The van der Waals surface area contributed by atoms with Crippen LogP contribution in [0.1, 0.15) is 16.8 Å². The summed E-state index contributed by atoms with van der Waals surface area (Å²) in [6.45, 7) is 0.802. The molecule has 0 bridgehead atoms. The van der Waals surface area contributed by atoms with Crippen molar-refractivity contribution in [1.29, 1.82) is 0 Å². The van der Waals surface area contributed by atoms with Crippen LogP contribution in [0.25, 0.3) is 0 Å². The number of aromatic nitrogens is 3. The molecule has 0 unspecified atom stereocenters. The predicted octanol–water partition coefficient (Wildman–Crippen LogP) is -0.455. The molecule has 0 atom stereocenters. The van der Waals surface area contributed by atoms with Crippen molar-refractivity contribution in [3.8, 4) is 0 Å². The molecule has 0 fully saturated rings. The van der Waals surface area contributed by atoms with Crippen LogP contribution in [-0.2, 0) is 31.0 Å². The molecule has 7 nitrogen and oxygen atoms in total. The molecular weight excluding hydrogens is 258 g/mol. The van der Waals surface area contributed by atoms with E-state index in [1.807, 2.05) is 24.3 Å². The zero-order chi connectivity index (χ0) is 14.4. The summed E-state index contributed by atoms with van der Waals surface area (Å²) in [5.74, 6) is -0.159. The second kappa shape index (κ2) is 6.78. The molecule has 0 spiro atoms. The predicted molar refractivity (Wildman–Crippen MR) is 72.1 cm³/mol. The van der Waals surface area contributed by atoms with E-state index < -0.39 is 0 Å². The summed E-state index contributed by atoms with van der Waals surface area (Å²) >= 11 is 0. The lowest BCUT2D eigenvalue weighted by molar-refractivity contribution is -0.122. The Morgan fingerprint density at radius 1 is 1.40 bits per heavy atom. The minimum atomic E-state index is -0.159. The molecule has 1 aromatic carbocycles. The van der Waals surface area contributed by atoms with Crippen LogP contribution in [0.5, 0.6) is 0 Å². The lowest BCUT2D eigenvalue weighted by Crippen LogP contribution is -2.27. The Morgan fingerprint density at radius 2 is 2.20 bits per heavy atom. The van der Waals surface area contributed by atoms with Gasteiger partial charge < -0.3 is 16.2 Å². The Kier molecular flexibility index (Phi) is 4.80. The van der Waals surface area contributed by atoms with Gasteiger partial charge in [-0.05, 0) is 11.1 Å². The van der Waals surface area contributed by atoms with Crippen LogP contribution in [0, 0.1) is 0 Å². The van der Waals surface area contributed by atoms with Gasteiger partial charge in [0.05, 0.1) is 18.5 Å². The van der Waals surface area contributed by atoms with Crippen LogP contribution in [0.3, 0.4) is 0 Å². The van der Waals surface area contributed by atoms with Crippen LogP contribution in [0.4, 0.5) is 0 Å². The van der Waals surface area contributed by atoms with Gasteiger partial charge in [-0.1, -0.05) is 29.5 Å². The van der Waals surface area contributed by atoms with E-state index in [0.717, 1.165) is 11.1 Å². The first-order valence-corrected chi connectivity index (χ1v) is 6.25. The van der Waals surface area contributed by atoms with Crippen molar-refractivity contribution in [2.45, 2.75) is 26.2 Å². The highest BCUT2D eigenvalue weighted by atomic mass is 16.3. The van der Waals surface area contributed by atoms with Gasteiger partial charge in [-0.3, -0.25) is 4.79 Å². The van der Waals surface area contributed by atoms with Gasteiger partial charge >= 0.3 is 0 Å². The lowest BCUT2D eigenvalue weighted by atomic mass is 10.1. The fourth-order valence-electron chi connectivity index (χ4n) is 1.75. The highest BCUT2D eigenvalue weighted by Crippen LogP contribution is 2.04. The molecule has 7 heteroatoms. The van der Waals surface area contributed by atoms with Crippen molar-refractivity contribution in [2.24, 2.45) is 5.73 Å². The van der Waals surface area contributed by atoms with Crippen molar-refractivity contribution in [1.82, 2.24) is 20.3 Å². The van der Waals surface area contributed by atoms with Crippen LogP contribution in [-0.4, -0.2) is 26.0 Å². The molecule has 0 aliphatic carbocycles. The molecule has 20 heavy (non-hydrogen) atoms. The molecule has 106 valence electrons. The number of hydrogen-bond donors (Lipinski definition) is 3. The van der Waals surface area contributed by atoms with E-state index in [9.17, 15) is 4.79 Å². The molecule has 0 saturated heterocycles. The zero-order valence-corrected chi connectivity index (χ0v) is 11.0. The van der Waals surface area contributed by atoms with E-state index in [1.54, 1.807) is 6.20 Å². The van der Waals surface area contributed by atoms with Gasteiger partial charge in [0.1, 0.15) is 6.54 Å². The van der Waals surface area contributed by atoms with E-state index in [-0.39, 0.29) is 19.1 Å². The Balaban J connectivity index is 1.85. The number of amides is 1. The number of nitrogens with two attached hydrogens (primary N) is 1. The van der Waals surface area contributed by atoms with Gasteiger partial charge in [0.15, 0.2) is 0 Å². The number of nitrogens with one attached hydrogen (secondary N) is 1. The molecule has 1 aromatic heterocycles. The second-order valence-corrected chi connectivity index (χ2v) is 4.37. The SMILES string of the molecule is NCc1cn(CC(=O)NCc2cccc(CO)c2)nn1. The number of benzene rings is 1. The van der Waals surface area contributed by atoms with Gasteiger partial charge in [0.25, 0.3) is 0 Å². The Hall–Kier alpha value is -2.25. The number of hydrogen-bond acceptors (Lipinski definition) is 5. The first kappa shape index (κ1) is 14.2. The van der Waals surface area contributed by atoms with E-state index in [2.05, 4.69) is 15.6 Å². The number of aliphatic hydroxyl groups excluding tert-OH is 1. The molecule has 2 aromatic rings. The van der Waals surface area contributed by atoms with Crippen molar-refractivity contribution in [2.75, 3.05) is 0 Å². The van der Waals surface area contributed by atoms with Crippen LogP contribution < -0.4 is 11.1 Å². The summed E-state index contributed by atoms with van der Waals surface area (Å²) in [7, 11) is 0. The monoisotopic (exact) mass is 275 g/mol. The molecule has 0 saturated carbocycles. The van der Waals surface area contributed by atoms with Crippen LogP contribution >= 0.6 is 0 Å². The van der Waals surface area contributed by atoms with Gasteiger partial charge in [-0.2, -0.15) is 0 Å². The maximum absolute atomic E-state index is 11.8. The highest BCUT2D eigenvalue weighted by molar-refractivity contribution is 5.75. The van der Waals surface area contributed by atoms with Gasteiger partial charge in [0.2, 0.25) is 5.91 Å². The third-order valence-electron chi connectivity index (χ3n) is 2.76. The summed E-state index contributed by atoms with van der Waals surface area (Å²) in [4.78, 5) is 11.8. The van der Waals surface area contributed by atoms with E-state index in [4.69, 9.17) is 10.8 Å². The van der Waals surface area contributed by atoms with Gasteiger partial charge in [-0.15, -0.1) is 5.10 Å². The molecule has 1 heterocycles. The summed E-state index contributed by atoms with van der Waals surface area (Å²) in [6, 6.07) is 7.41. The van der Waals surface area contributed by atoms with E-state index >= 15 is 0 Å². The van der Waals surface area contributed by atoms with Crippen molar-refractivity contribution < 1.29 is 9.90 Å². The molecule has 4 N–H and O–H groups in total. The average molecular weight is 275 g/mol. The number of nitrogens with zero attached hydrogens (tertiary/aromatic N) is 3. The molecule has 0 aliphatic rings. The maximum Gasteiger partial charge on any atom is 0.242 e. The highest BCUT2D eigenvalue weighted by Gasteiger charge is 2.05. The topological polar surface area (TPSA) is 106 Å². The third-order valence-corrected chi connectivity index (χ3v) is 2.76. The zero-order valence-electron chi connectivity index (χ0n) is 11.0. The fourth-order valence-corrected chi connectivity index (χ4v) is 1.75. The molecule has 2 rings (SSSR count). The summed E-state index contributed by atoms with van der Waals surface area (Å²) in [6.07, 6.45) is 1.64. The van der Waals surface area contributed by atoms with Crippen molar-refractivity contribution in [3.05, 3.63) is 47.3 Å². The maximum atomic E-state index is 11.8. The number of aliphatic hydroxyl groups is 1. The molecular formula is C13H17N5O2. The Bertz CT molecular complexity index is 582. The first-order valence-electron chi connectivity index (χ1n) is 6.25. The smallest absolute Gasteiger partial charge is 0.242 e. The van der Waals surface area contributed by atoms with Gasteiger partial charge in [-0.25, -0.2) is 4.68 Å².